The first-order chi connectivity index (χ1) is 7.09. The molecule has 2 N–H and O–H groups in total. The van der Waals surface area contributed by atoms with Gasteiger partial charge in [-0.1, -0.05) is 0 Å². The minimum Gasteiger partial charge on any atom is -0.383 e. The number of rotatable bonds is 1. The van der Waals surface area contributed by atoms with Crippen molar-refractivity contribution in [3.05, 3.63) is 28.3 Å². The van der Waals surface area contributed by atoms with Crippen LogP contribution in [0.4, 0.5) is 5.82 Å². The maximum Gasteiger partial charge on any atom is 0.173 e. The number of halogens is 1. The number of nitrogen functional groups attached to an aromatic ring is 1. The molecule has 0 aromatic carbocycles. The van der Waals surface area contributed by atoms with Gasteiger partial charge in [0.2, 0.25) is 0 Å². The average Bonchev–Trinajstić information content (AvgIpc) is 2.50. The van der Waals surface area contributed by atoms with Crippen LogP contribution in [-0.2, 0) is 0 Å². The van der Waals surface area contributed by atoms with E-state index in [1.165, 1.54) is 6.33 Å². The fourth-order valence-corrected chi connectivity index (χ4v) is 1.74. The average molecular weight is 268 g/mol. The van der Waals surface area contributed by atoms with E-state index in [0.29, 0.717) is 16.1 Å². The quantitative estimate of drug-likeness (QED) is 0.853. The van der Waals surface area contributed by atoms with Crippen LogP contribution in [0.5, 0.6) is 0 Å². The third-order valence-electron chi connectivity index (χ3n) is 2.01. The molecule has 2 rings (SSSR count). The Balaban J connectivity index is 2.64. The number of anilines is 1. The fourth-order valence-electron chi connectivity index (χ4n) is 1.36. The lowest BCUT2D eigenvalue weighted by Gasteiger charge is -2.06. The number of nitrogens with two attached hydrogens (primary N) is 1. The maximum absolute atomic E-state index is 5.68. The summed E-state index contributed by atoms with van der Waals surface area (Å²) in [4.78, 5) is 8.03. The zero-order valence-electron chi connectivity index (χ0n) is 8.40. The van der Waals surface area contributed by atoms with Gasteiger partial charge in [-0.2, -0.15) is 5.10 Å². The van der Waals surface area contributed by atoms with Gasteiger partial charge < -0.3 is 5.73 Å². The van der Waals surface area contributed by atoms with Gasteiger partial charge >= 0.3 is 0 Å². The summed E-state index contributed by atoms with van der Waals surface area (Å²) in [5.41, 5.74) is 7.62. The second kappa shape index (κ2) is 3.62. The highest BCUT2D eigenvalue weighted by Gasteiger charge is 2.11. The monoisotopic (exact) mass is 267 g/mol. The molecule has 0 radical (unpaired) electrons. The maximum atomic E-state index is 5.68. The van der Waals surface area contributed by atoms with Crippen LogP contribution < -0.4 is 5.73 Å². The summed E-state index contributed by atoms with van der Waals surface area (Å²) in [5.74, 6) is 1.07. The van der Waals surface area contributed by atoms with E-state index in [2.05, 4.69) is 31.0 Å². The van der Waals surface area contributed by atoms with Gasteiger partial charge in [-0.05, 0) is 35.8 Å². The van der Waals surface area contributed by atoms with E-state index in [1.807, 2.05) is 19.9 Å². The van der Waals surface area contributed by atoms with E-state index in [1.54, 1.807) is 4.68 Å². The van der Waals surface area contributed by atoms with Crippen molar-refractivity contribution in [2.75, 3.05) is 5.73 Å². The predicted molar refractivity (Wildman–Crippen MR) is 60.7 cm³/mol. The van der Waals surface area contributed by atoms with E-state index >= 15 is 0 Å². The van der Waals surface area contributed by atoms with Crippen LogP contribution in [0.1, 0.15) is 11.4 Å². The molecule has 0 bridgehead atoms. The van der Waals surface area contributed by atoms with E-state index in [9.17, 15) is 0 Å². The summed E-state index contributed by atoms with van der Waals surface area (Å²) in [6, 6.07) is 1.98. The molecule has 2 heterocycles. The number of aryl methyl sites for hydroxylation is 2. The van der Waals surface area contributed by atoms with Crippen molar-refractivity contribution < 1.29 is 0 Å². The molecule has 0 saturated heterocycles. The van der Waals surface area contributed by atoms with Gasteiger partial charge in [0, 0.05) is 5.69 Å². The van der Waals surface area contributed by atoms with Gasteiger partial charge in [-0.15, -0.1) is 0 Å². The minimum absolute atomic E-state index is 0.410. The van der Waals surface area contributed by atoms with E-state index in [-0.39, 0.29) is 0 Å². The molecule has 2 aromatic rings. The molecule has 0 amide bonds. The molecular weight excluding hydrogens is 258 g/mol. The standard InChI is InChI=1S/C9H10BrN5/c1-5-3-6(2)15(14-5)9-7(10)8(11)12-4-13-9/h3-4H,1-2H3,(H2,11,12,13). The highest BCUT2D eigenvalue weighted by Crippen LogP contribution is 2.23. The van der Waals surface area contributed by atoms with E-state index in [0.717, 1.165) is 11.4 Å². The Labute approximate surface area is 95.5 Å². The lowest BCUT2D eigenvalue weighted by molar-refractivity contribution is 0.797. The first-order valence-corrected chi connectivity index (χ1v) is 5.18. The van der Waals surface area contributed by atoms with Crippen molar-refractivity contribution >= 4 is 21.7 Å². The van der Waals surface area contributed by atoms with Crippen molar-refractivity contribution in [3.63, 3.8) is 0 Å². The van der Waals surface area contributed by atoms with Gasteiger partial charge in [-0.3, -0.25) is 0 Å². The van der Waals surface area contributed by atoms with Crippen LogP contribution >= 0.6 is 15.9 Å². The molecule has 0 aliphatic rings. The molecular formula is C9H10BrN5. The van der Waals surface area contributed by atoms with Gasteiger partial charge in [0.15, 0.2) is 5.82 Å². The van der Waals surface area contributed by atoms with Crippen molar-refractivity contribution in [1.29, 1.82) is 0 Å². The number of hydrogen-bond donors (Lipinski definition) is 1. The third kappa shape index (κ3) is 1.72. The van der Waals surface area contributed by atoms with Crippen molar-refractivity contribution in [3.8, 4) is 5.82 Å². The summed E-state index contributed by atoms with van der Waals surface area (Å²) in [7, 11) is 0. The molecule has 15 heavy (non-hydrogen) atoms. The number of nitrogens with zero attached hydrogens (tertiary/aromatic N) is 4. The molecule has 0 aliphatic heterocycles. The molecule has 0 unspecified atom stereocenters. The van der Waals surface area contributed by atoms with E-state index < -0.39 is 0 Å². The smallest absolute Gasteiger partial charge is 0.173 e. The van der Waals surface area contributed by atoms with Crippen molar-refractivity contribution in [1.82, 2.24) is 19.7 Å². The van der Waals surface area contributed by atoms with Gasteiger partial charge in [-0.25, -0.2) is 14.6 Å². The molecule has 2 aromatic heterocycles. The Morgan fingerprint density at radius 1 is 1.33 bits per heavy atom. The van der Waals surface area contributed by atoms with Crippen LogP contribution in [0, 0.1) is 13.8 Å². The number of hydrogen-bond acceptors (Lipinski definition) is 4. The molecule has 0 atom stereocenters. The third-order valence-corrected chi connectivity index (χ3v) is 2.77. The largest absolute Gasteiger partial charge is 0.383 e. The van der Waals surface area contributed by atoms with Gasteiger partial charge in [0.25, 0.3) is 0 Å². The molecule has 5 nitrogen and oxygen atoms in total. The Hall–Kier alpha value is -1.43. The van der Waals surface area contributed by atoms with Gasteiger partial charge in [0.05, 0.1) is 5.69 Å². The van der Waals surface area contributed by atoms with Crippen LogP contribution in [0.3, 0.4) is 0 Å². The number of aromatic nitrogens is 4. The SMILES string of the molecule is Cc1cc(C)n(-c2ncnc(N)c2Br)n1. The highest BCUT2D eigenvalue weighted by molar-refractivity contribution is 9.10. The molecule has 0 aliphatic carbocycles. The summed E-state index contributed by atoms with van der Waals surface area (Å²) in [5, 5.41) is 4.32. The van der Waals surface area contributed by atoms with Crippen molar-refractivity contribution in [2.24, 2.45) is 0 Å². The summed E-state index contributed by atoms with van der Waals surface area (Å²) < 4.78 is 2.40. The highest BCUT2D eigenvalue weighted by atomic mass is 79.9. The van der Waals surface area contributed by atoms with E-state index in [4.69, 9.17) is 5.73 Å². The van der Waals surface area contributed by atoms with Crippen LogP contribution in [-0.4, -0.2) is 19.7 Å². The lowest BCUT2D eigenvalue weighted by atomic mass is 10.4. The topological polar surface area (TPSA) is 69.6 Å². The molecule has 6 heteroatoms. The Bertz CT molecular complexity index is 505. The fraction of sp³-hybridized carbons (Fsp3) is 0.222. The second-order valence-corrected chi connectivity index (χ2v) is 4.03. The zero-order valence-corrected chi connectivity index (χ0v) is 9.98. The normalized spacial score (nSPS) is 10.6. The Kier molecular flexibility index (Phi) is 2.44. The van der Waals surface area contributed by atoms with Gasteiger partial charge in [0.1, 0.15) is 16.6 Å². The predicted octanol–water partition coefficient (Wildman–Crippen LogP) is 1.62. The first kappa shape index (κ1) is 10.1. The minimum atomic E-state index is 0.410. The van der Waals surface area contributed by atoms with Crippen molar-refractivity contribution in [2.45, 2.75) is 13.8 Å². The lowest BCUT2D eigenvalue weighted by Crippen LogP contribution is -2.05. The summed E-state index contributed by atoms with van der Waals surface area (Å²) >= 11 is 3.35. The zero-order chi connectivity index (χ0) is 11.0. The van der Waals surface area contributed by atoms with Crippen LogP contribution in [0.25, 0.3) is 5.82 Å². The Morgan fingerprint density at radius 2 is 2.07 bits per heavy atom. The molecule has 78 valence electrons. The summed E-state index contributed by atoms with van der Waals surface area (Å²) in [6.45, 7) is 3.90. The molecule has 0 spiro atoms. The molecule has 0 saturated carbocycles. The van der Waals surface area contributed by atoms with Crippen LogP contribution in [0.2, 0.25) is 0 Å². The van der Waals surface area contributed by atoms with Crippen LogP contribution in [0.15, 0.2) is 16.9 Å². The first-order valence-electron chi connectivity index (χ1n) is 4.39. The Morgan fingerprint density at radius 3 is 2.67 bits per heavy atom. The molecule has 0 fully saturated rings. The second-order valence-electron chi connectivity index (χ2n) is 3.24. The summed E-state index contributed by atoms with van der Waals surface area (Å²) in [6.07, 6.45) is 1.42.